The molecule has 29 heavy (non-hydrogen) atoms. The number of carboxylic acid groups (broad SMARTS) is 1. The summed E-state index contributed by atoms with van der Waals surface area (Å²) in [5.41, 5.74) is 5.98. The highest BCUT2D eigenvalue weighted by atomic mass is 16.5. The molecule has 0 bridgehead atoms. The van der Waals surface area contributed by atoms with E-state index in [1.54, 1.807) is 12.1 Å². The van der Waals surface area contributed by atoms with Crippen molar-refractivity contribution in [2.45, 2.75) is 45.1 Å². The summed E-state index contributed by atoms with van der Waals surface area (Å²) in [6.07, 6.45) is 3.92. The number of fused-ring (bicyclic) bond motifs is 1. The fraction of sp³-hybridized carbons (Fsp3) is 0.269. The van der Waals surface area contributed by atoms with E-state index in [9.17, 15) is 4.79 Å². The molecule has 0 amide bonds. The van der Waals surface area contributed by atoms with Crippen LogP contribution in [0.15, 0.2) is 66.7 Å². The second-order valence-electron chi connectivity index (χ2n) is 8.10. The van der Waals surface area contributed by atoms with Crippen LogP contribution in [0.25, 0.3) is 11.1 Å². The van der Waals surface area contributed by atoms with Gasteiger partial charge in [0.15, 0.2) is 0 Å². The Morgan fingerprint density at radius 1 is 0.966 bits per heavy atom. The van der Waals surface area contributed by atoms with Crippen molar-refractivity contribution in [3.8, 4) is 16.9 Å². The zero-order chi connectivity index (χ0) is 20.4. The van der Waals surface area contributed by atoms with Gasteiger partial charge in [-0.1, -0.05) is 55.5 Å². The predicted octanol–water partition coefficient (Wildman–Crippen LogP) is 5.94. The lowest BCUT2D eigenvalue weighted by Crippen LogP contribution is -2.38. The fourth-order valence-corrected chi connectivity index (χ4v) is 4.01. The van der Waals surface area contributed by atoms with Crippen molar-refractivity contribution in [2.75, 3.05) is 0 Å². The van der Waals surface area contributed by atoms with Gasteiger partial charge in [-0.15, -0.1) is 0 Å². The Balaban J connectivity index is 1.56. The van der Waals surface area contributed by atoms with E-state index < -0.39 is 5.97 Å². The molecule has 0 fully saturated rings. The summed E-state index contributed by atoms with van der Waals surface area (Å²) in [4.78, 5) is 11.1. The Kier molecular flexibility index (Phi) is 5.14. The number of aromatic carboxylic acids is 1. The number of rotatable bonds is 5. The molecule has 0 saturated carbocycles. The number of aryl methyl sites for hydroxylation is 2. The van der Waals surface area contributed by atoms with Gasteiger partial charge in [0.25, 0.3) is 0 Å². The van der Waals surface area contributed by atoms with Gasteiger partial charge in [-0.25, -0.2) is 4.79 Å². The monoisotopic (exact) mass is 386 g/mol. The van der Waals surface area contributed by atoms with E-state index in [2.05, 4.69) is 56.3 Å². The molecule has 0 aliphatic carbocycles. The average Bonchev–Trinajstić information content (AvgIpc) is 2.73. The minimum Gasteiger partial charge on any atom is -0.487 e. The average molecular weight is 386 g/mol. The van der Waals surface area contributed by atoms with E-state index in [4.69, 9.17) is 9.84 Å². The first-order valence-electron chi connectivity index (χ1n) is 10.2. The Hall–Kier alpha value is -3.07. The van der Waals surface area contributed by atoms with Crippen LogP contribution in [0.3, 0.4) is 0 Å². The SMILES string of the molecule is CCc1ccc(C[C@]2(C)CCc3ccc(-c4ccc(C(=O)O)cc4)cc3O2)cc1. The third-order valence-corrected chi connectivity index (χ3v) is 5.82. The second-order valence-corrected chi connectivity index (χ2v) is 8.10. The lowest BCUT2D eigenvalue weighted by Gasteiger charge is -2.36. The van der Waals surface area contributed by atoms with E-state index in [0.29, 0.717) is 5.56 Å². The summed E-state index contributed by atoms with van der Waals surface area (Å²) in [6, 6.07) is 22.1. The van der Waals surface area contributed by atoms with E-state index in [1.807, 2.05) is 12.1 Å². The lowest BCUT2D eigenvalue weighted by molar-refractivity contribution is 0.0654. The standard InChI is InChI=1S/C26H26O3/c1-3-18-4-6-19(7-5-18)17-26(2)15-14-21-10-13-23(16-24(21)29-26)20-8-11-22(12-9-20)25(27)28/h4-13,16H,3,14-15,17H2,1-2H3,(H,27,28)/t26-/m0/s1. The highest BCUT2D eigenvalue weighted by Crippen LogP contribution is 2.37. The predicted molar refractivity (Wildman–Crippen MR) is 116 cm³/mol. The Morgan fingerprint density at radius 3 is 2.28 bits per heavy atom. The van der Waals surface area contributed by atoms with Gasteiger partial charge in [-0.3, -0.25) is 0 Å². The fourth-order valence-electron chi connectivity index (χ4n) is 4.01. The molecular weight excluding hydrogens is 360 g/mol. The first kappa shape index (κ1) is 19.3. The van der Waals surface area contributed by atoms with Gasteiger partial charge >= 0.3 is 5.97 Å². The van der Waals surface area contributed by atoms with Gasteiger partial charge in [0.05, 0.1) is 5.56 Å². The lowest BCUT2D eigenvalue weighted by atomic mass is 9.86. The molecule has 0 saturated heterocycles. The summed E-state index contributed by atoms with van der Waals surface area (Å²) in [5.74, 6) is 0.0248. The molecule has 1 heterocycles. The van der Waals surface area contributed by atoms with Gasteiger partial charge in [0.2, 0.25) is 0 Å². The van der Waals surface area contributed by atoms with Crippen LogP contribution in [-0.4, -0.2) is 16.7 Å². The van der Waals surface area contributed by atoms with E-state index in [1.165, 1.54) is 16.7 Å². The molecule has 1 atom stereocenters. The van der Waals surface area contributed by atoms with Gasteiger partial charge in [-0.05, 0) is 72.2 Å². The van der Waals surface area contributed by atoms with Crippen molar-refractivity contribution in [2.24, 2.45) is 0 Å². The summed E-state index contributed by atoms with van der Waals surface area (Å²) in [6.45, 7) is 4.36. The van der Waals surface area contributed by atoms with E-state index in [-0.39, 0.29) is 5.60 Å². The number of hydrogen-bond acceptors (Lipinski definition) is 2. The second kappa shape index (κ2) is 7.75. The van der Waals surface area contributed by atoms with Crippen molar-refractivity contribution in [1.29, 1.82) is 0 Å². The molecule has 0 unspecified atom stereocenters. The molecule has 3 aromatic rings. The quantitative estimate of drug-likeness (QED) is 0.590. The highest BCUT2D eigenvalue weighted by molar-refractivity contribution is 5.88. The van der Waals surface area contributed by atoms with Crippen molar-refractivity contribution in [3.05, 3.63) is 89.0 Å². The van der Waals surface area contributed by atoms with Gasteiger partial charge in [0, 0.05) is 6.42 Å². The topological polar surface area (TPSA) is 46.5 Å². The maximum Gasteiger partial charge on any atom is 0.335 e. The van der Waals surface area contributed by atoms with Crippen LogP contribution in [0, 0.1) is 0 Å². The maximum atomic E-state index is 11.1. The van der Waals surface area contributed by atoms with Crippen molar-refractivity contribution >= 4 is 5.97 Å². The minimum atomic E-state index is -0.909. The van der Waals surface area contributed by atoms with Gasteiger partial charge < -0.3 is 9.84 Å². The molecule has 0 spiro atoms. The number of ether oxygens (including phenoxy) is 1. The Bertz CT molecular complexity index is 1020. The highest BCUT2D eigenvalue weighted by Gasteiger charge is 2.32. The third-order valence-electron chi connectivity index (χ3n) is 5.82. The summed E-state index contributed by atoms with van der Waals surface area (Å²) < 4.78 is 6.51. The van der Waals surface area contributed by atoms with Gasteiger partial charge in [-0.2, -0.15) is 0 Å². The van der Waals surface area contributed by atoms with Gasteiger partial charge in [0.1, 0.15) is 11.4 Å². The zero-order valence-corrected chi connectivity index (χ0v) is 16.9. The molecule has 4 rings (SSSR count). The first-order chi connectivity index (χ1) is 14.0. The first-order valence-corrected chi connectivity index (χ1v) is 10.2. The van der Waals surface area contributed by atoms with E-state index >= 15 is 0 Å². The molecule has 1 aliphatic heterocycles. The summed E-state index contributed by atoms with van der Waals surface area (Å²) in [5, 5.41) is 9.09. The molecular formula is C26H26O3. The normalized spacial score (nSPS) is 18.0. The smallest absolute Gasteiger partial charge is 0.335 e. The molecule has 0 radical (unpaired) electrons. The van der Waals surface area contributed by atoms with Crippen molar-refractivity contribution in [3.63, 3.8) is 0 Å². The molecule has 3 aromatic carbocycles. The third kappa shape index (κ3) is 4.19. The number of carbonyl (C=O) groups is 1. The zero-order valence-electron chi connectivity index (χ0n) is 16.9. The van der Waals surface area contributed by atoms with E-state index in [0.717, 1.165) is 42.6 Å². The molecule has 1 N–H and O–H groups in total. The number of carboxylic acids is 1. The van der Waals surface area contributed by atoms with Crippen LogP contribution >= 0.6 is 0 Å². The van der Waals surface area contributed by atoms with Crippen molar-refractivity contribution in [1.82, 2.24) is 0 Å². The Morgan fingerprint density at radius 2 is 1.62 bits per heavy atom. The molecule has 0 aromatic heterocycles. The number of hydrogen-bond donors (Lipinski definition) is 1. The largest absolute Gasteiger partial charge is 0.487 e. The molecule has 148 valence electrons. The summed E-state index contributed by atoms with van der Waals surface area (Å²) in [7, 11) is 0. The molecule has 3 nitrogen and oxygen atoms in total. The van der Waals surface area contributed by atoms with Crippen molar-refractivity contribution < 1.29 is 14.6 Å². The maximum absolute atomic E-state index is 11.1. The van der Waals surface area contributed by atoms with Crippen LogP contribution in [0.4, 0.5) is 0 Å². The Labute approximate surface area is 172 Å². The van der Waals surface area contributed by atoms with Crippen LogP contribution in [-0.2, 0) is 19.3 Å². The molecule has 1 aliphatic rings. The molecule has 3 heteroatoms. The minimum absolute atomic E-state index is 0.230. The summed E-state index contributed by atoms with van der Waals surface area (Å²) >= 11 is 0. The van der Waals surface area contributed by atoms with Crippen LogP contribution in [0.2, 0.25) is 0 Å². The van der Waals surface area contributed by atoms with Crippen LogP contribution < -0.4 is 4.74 Å². The number of benzene rings is 3. The van der Waals surface area contributed by atoms with Crippen LogP contribution in [0.5, 0.6) is 5.75 Å². The van der Waals surface area contributed by atoms with Crippen LogP contribution in [0.1, 0.15) is 47.3 Å².